The van der Waals surface area contributed by atoms with Gasteiger partial charge in [-0.05, 0) is 55.4 Å². The summed E-state index contributed by atoms with van der Waals surface area (Å²) in [5.74, 6) is 0.850. The molecular formula is C16H22ClNO. The first kappa shape index (κ1) is 14.4. The third-order valence-corrected chi connectivity index (χ3v) is 4.09. The molecule has 0 saturated heterocycles. The number of carbonyl (C=O) groups excluding carboxylic acids is 1. The second-order valence-electron chi connectivity index (χ2n) is 5.31. The van der Waals surface area contributed by atoms with Gasteiger partial charge in [-0.15, -0.1) is 11.6 Å². The number of nitrogens with zero attached hydrogens (tertiary/aromatic N) is 1. The van der Waals surface area contributed by atoms with Gasteiger partial charge in [0.1, 0.15) is 0 Å². The maximum Gasteiger partial charge on any atom is 0.253 e. The Kier molecular flexibility index (Phi) is 5.26. The van der Waals surface area contributed by atoms with Crippen molar-refractivity contribution >= 4 is 17.5 Å². The number of benzene rings is 1. The summed E-state index contributed by atoms with van der Waals surface area (Å²) in [6, 6.07) is 6.18. The molecule has 0 N–H and O–H groups in total. The van der Waals surface area contributed by atoms with Crippen LogP contribution in [0, 0.1) is 0 Å². The maximum atomic E-state index is 12.3. The van der Waals surface area contributed by atoms with Crippen LogP contribution in [0.5, 0.6) is 0 Å². The quantitative estimate of drug-likeness (QED) is 0.575. The number of rotatable bonds is 6. The molecule has 0 aromatic heterocycles. The Bertz CT molecular complexity index is 444. The number of amides is 1. The molecule has 1 amide bonds. The van der Waals surface area contributed by atoms with Gasteiger partial charge in [-0.3, -0.25) is 4.79 Å². The fourth-order valence-corrected chi connectivity index (χ4v) is 2.84. The van der Waals surface area contributed by atoms with E-state index in [-0.39, 0.29) is 5.91 Å². The number of alkyl halides is 1. The van der Waals surface area contributed by atoms with Crippen LogP contribution in [-0.4, -0.2) is 30.3 Å². The summed E-state index contributed by atoms with van der Waals surface area (Å²) in [6.45, 7) is 0.812. The molecule has 1 aliphatic carbocycles. The van der Waals surface area contributed by atoms with Gasteiger partial charge in [0, 0.05) is 25.0 Å². The first-order valence-corrected chi connectivity index (χ1v) is 7.69. The van der Waals surface area contributed by atoms with Gasteiger partial charge in [-0.1, -0.05) is 12.5 Å². The van der Waals surface area contributed by atoms with E-state index in [9.17, 15) is 4.79 Å². The third kappa shape index (κ3) is 3.73. The fraction of sp³-hybridized carbons (Fsp3) is 0.562. The molecule has 19 heavy (non-hydrogen) atoms. The van der Waals surface area contributed by atoms with E-state index in [1.165, 1.54) is 17.5 Å². The Morgan fingerprint density at radius 2 is 2.00 bits per heavy atom. The Morgan fingerprint density at radius 1 is 1.21 bits per heavy atom. The minimum absolute atomic E-state index is 0.139. The molecule has 2 rings (SSSR count). The van der Waals surface area contributed by atoms with Crippen LogP contribution >= 0.6 is 11.6 Å². The molecule has 0 aliphatic heterocycles. The van der Waals surface area contributed by atoms with Crippen molar-refractivity contribution in [2.45, 2.75) is 38.5 Å². The summed E-state index contributed by atoms with van der Waals surface area (Å²) in [5, 5.41) is 0. The normalized spacial score (nSPS) is 13.4. The first-order valence-electron chi connectivity index (χ1n) is 7.15. The van der Waals surface area contributed by atoms with Crippen LogP contribution in [0.4, 0.5) is 0 Å². The summed E-state index contributed by atoms with van der Waals surface area (Å²) in [4.78, 5) is 14.1. The molecule has 0 spiro atoms. The summed E-state index contributed by atoms with van der Waals surface area (Å²) < 4.78 is 0. The molecule has 1 aliphatic rings. The number of unbranched alkanes of at least 4 members (excludes halogenated alkanes) is 2. The van der Waals surface area contributed by atoms with Gasteiger partial charge < -0.3 is 4.90 Å². The topological polar surface area (TPSA) is 20.3 Å². The Morgan fingerprint density at radius 3 is 2.79 bits per heavy atom. The van der Waals surface area contributed by atoms with E-state index in [1.54, 1.807) is 0 Å². The lowest BCUT2D eigenvalue weighted by Crippen LogP contribution is -2.27. The zero-order chi connectivity index (χ0) is 13.7. The van der Waals surface area contributed by atoms with Crippen LogP contribution in [0.25, 0.3) is 0 Å². The zero-order valence-electron chi connectivity index (χ0n) is 11.6. The third-order valence-electron chi connectivity index (χ3n) is 3.82. The predicted molar refractivity (Wildman–Crippen MR) is 80.0 cm³/mol. The Balaban J connectivity index is 1.91. The molecule has 2 nitrogen and oxygen atoms in total. The largest absolute Gasteiger partial charge is 0.342 e. The number of halogens is 1. The lowest BCUT2D eigenvalue weighted by Gasteiger charge is -2.17. The van der Waals surface area contributed by atoms with E-state index in [1.807, 2.05) is 18.0 Å². The van der Waals surface area contributed by atoms with Gasteiger partial charge in [0.25, 0.3) is 5.91 Å². The lowest BCUT2D eigenvalue weighted by atomic mass is 10.1. The monoisotopic (exact) mass is 279 g/mol. The summed E-state index contributed by atoms with van der Waals surface area (Å²) in [6.07, 6.45) is 6.66. The van der Waals surface area contributed by atoms with Crippen LogP contribution < -0.4 is 0 Å². The zero-order valence-corrected chi connectivity index (χ0v) is 12.4. The second kappa shape index (κ2) is 6.95. The molecule has 0 unspecified atom stereocenters. The van der Waals surface area contributed by atoms with E-state index in [4.69, 9.17) is 11.6 Å². The fourth-order valence-electron chi connectivity index (χ4n) is 2.65. The number of hydrogen-bond acceptors (Lipinski definition) is 1. The van der Waals surface area contributed by atoms with Crippen molar-refractivity contribution in [3.63, 3.8) is 0 Å². The second-order valence-corrected chi connectivity index (χ2v) is 5.69. The number of fused-ring (bicyclic) bond motifs is 1. The van der Waals surface area contributed by atoms with Gasteiger partial charge in [-0.25, -0.2) is 0 Å². The molecular weight excluding hydrogens is 258 g/mol. The smallest absolute Gasteiger partial charge is 0.253 e. The van der Waals surface area contributed by atoms with Crippen molar-refractivity contribution in [1.29, 1.82) is 0 Å². The maximum absolute atomic E-state index is 12.3. The summed E-state index contributed by atoms with van der Waals surface area (Å²) in [7, 11) is 1.89. The number of carbonyl (C=O) groups is 1. The van der Waals surface area contributed by atoms with E-state index in [2.05, 4.69) is 12.1 Å². The molecule has 3 heteroatoms. The van der Waals surface area contributed by atoms with Gasteiger partial charge >= 0.3 is 0 Å². The van der Waals surface area contributed by atoms with Crippen molar-refractivity contribution in [1.82, 2.24) is 4.90 Å². The standard InChI is InChI=1S/C16H22ClNO/c1-18(11-4-2-3-10-17)16(19)15-9-8-13-6-5-7-14(13)12-15/h8-9,12H,2-7,10-11H2,1H3. The van der Waals surface area contributed by atoms with Crippen LogP contribution in [0.2, 0.25) is 0 Å². The SMILES string of the molecule is CN(CCCCCCl)C(=O)c1ccc2c(c1)CCC2. The van der Waals surface area contributed by atoms with E-state index >= 15 is 0 Å². The molecule has 1 aromatic carbocycles. The highest BCUT2D eigenvalue weighted by atomic mass is 35.5. The van der Waals surface area contributed by atoms with Crippen molar-refractivity contribution in [3.05, 3.63) is 34.9 Å². The average molecular weight is 280 g/mol. The van der Waals surface area contributed by atoms with Crippen molar-refractivity contribution in [2.24, 2.45) is 0 Å². The minimum atomic E-state index is 0.139. The summed E-state index contributed by atoms with van der Waals surface area (Å²) in [5.41, 5.74) is 3.61. The molecule has 0 saturated carbocycles. The minimum Gasteiger partial charge on any atom is -0.342 e. The van der Waals surface area contributed by atoms with E-state index in [0.717, 1.165) is 44.2 Å². The van der Waals surface area contributed by atoms with E-state index < -0.39 is 0 Å². The van der Waals surface area contributed by atoms with Gasteiger partial charge in [0.2, 0.25) is 0 Å². The van der Waals surface area contributed by atoms with Gasteiger partial charge in [-0.2, -0.15) is 0 Å². The molecule has 0 radical (unpaired) electrons. The Hall–Kier alpha value is -1.02. The number of hydrogen-bond donors (Lipinski definition) is 0. The van der Waals surface area contributed by atoms with E-state index in [0.29, 0.717) is 5.88 Å². The van der Waals surface area contributed by atoms with Crippen molar-refractivity contribution < 1.29 is 4.79 Å². The average Bonchev–Trinajstić information content (AvgIpc) is 2.89. The van der Waals surface area contributed by atoms with Crippen LogP contribution in [0.3, 0.4) is 0 Å². The highest BCUT2D eigenvalue weighted by Crippen LogP contribution is 2.23. The molecule has 0 atom stereocenters. The highest BCUT2D eigenvalue weighted by Gasteiger charge is 2.16. The van der Waals surface area contributed by atoms with Crippen LogP contribution in [-0.2, 0) is 12.8 Å². The lowest BCUT2D eigenvalue weighted by molar-refractivity contribution is 0.0792. The van der Waals surface area contributed by atoms with Gasteiger partial charge in [0.05, 0.1) is 0 Å². The highest BCUT2D eigenvalue weighted by molar-refractivity contribution is 6.17. The van der Waals surface area contributed by atoms with Crippen LogP contribution in [0.15, 0.2) is 18.2 Å². The predicted octanol–water partition coefficient (Wildman–Crippen LogP) is 3.66. The van der Waals surface area contributed by atoms with Gasteiger partial charge in [0.15, 0.2) is 0 Å². The van der Waals surface area contributed by atoms with Crippen molar-refractivity contribution in [3.8, 4) is 0 Å². The molecule has 0 fully saturated rings. The first-order chi connectivity index (χ1) is 9.22. The molecule has 0 bridgehead atoms. The molecule has 104 valence electrons. The Labute approximate surface area is 120 Å². The summed E-state index contributed by atoms with van der Waals surface area (Å²) >= 11 is 5.65. The van der Waals surface area contributed by atoms with Crippen molar-refractivity contribution in [2.75, 3.05) is 19.5 Å². The molecule has 1 aromatic rings. The number of aryl methyl sites for hydroxylation is 2. The van der Waals surface area contributed by atoms with Crippen LogP contribution in [0.1, 0.15) is 47.2 Å². The molecule has 0 heterocycles.